The fourth-order valence-corrected chi connectivity index (χ4v) is 2.67. The maximum Gasteiger partial charge on any atom is 0.121 e. The maximum atomic E-state index is 6.27. The molecular weight excluding hydrogens is 284 g/mol. The molecule has 1 atom stereocenters. The molecule has 0 aromatic heterocycles. The van der Waals surface area contributed by atoms with Crippen molar-refractivity contribution in [2.75, 3.05) is 19.9 Å². The molecule has 112 valence electrons. The molecule has 0 bridgehead atoms. The number of nitrogens with zero attached hydrogens (tertiary/aromatic N) is 1. The van der Waals surface area contributed by atoms with E-state index in [9.17, 15) is 0 Å². The van der Waals surface area contributed by atoms with Gasteiger partial charge in [0.1, 0.15) is 5.75 Å². The van der Waals surface area contributed by atoms with Gasteiger partial charge in [-0.3, -0.25) is 4.90 Å². The molecule has 0 amide bonds. The fourth-order valence-electron chi connectivity index (χ4n) is 2.37. The van der Waals surface area contributed by atoms with Crippen LogP contribution < -0.4 is 10.5 Å². The summed E-state index contributed by atoms with van der Waals surface area (Å²) in [5, 5.41) is 0.794. The Bertz CT molecular complexity index is 615. The van der Waals surface area contributed by atoms with Gasteiger partial charge in [0.05, 0.1) is 7.11 Å². The number of anilines is 1. The van der Waals surface area contributed by atoms with Gasteiger partial charge in [0, 0.05) is 29.4 Å². The molecule has 21 heavy (non-hydrogen) atoms. The number of ether oxygens (including phenoxy) is 1. The third-order valence-corrected chi connectivity index (χ3v) is 4.02. The number of nitrogen functional groups attached to an aromatic ring is 1. The minimum atomic E-state index is 0.214. The zero-order chi connectivity index (χ0) is 15.4. The standard InChI is InChI=1S/C17H21ClN2O/c1-12(16-6-4-5-7-17(16)18)20(2)11-13-8-14(19)10-15(9-13)21-3/h4-10,12H,11,19H2,1-3H3. The molecule has 2 N–H and O–H groups in total. The summed E-state index contributed by atoms with van der Waals surface area (Å²) >= 11 is 6.27. The first-order valence-corrected chi connectivity index (χ1v) is 7.27. The van der Waals surface area contributed by atoms with Gasteiger partial charge in [-0.25, -0.2) is 0 Å². The predicted molar refractivity (Wildman–Crippen MR) is 88.7 cm³/mol. The molecule has 0 aliphatic carbocycles. The molecular formula is C17H21ClN2O. The molecule has 0 saturated carbocycles. The van der Waals surface area contributed by atoms with Gasteiger partial charge in [0.25, 0.3) is 0 Å². The second kappa shape index (κ2) is 6.83. The molecule has 0 aliphatic heterocycles. The van der Waals surface area contributed by atoms with E-state index in [1.807, 2.05) is 36.4 Å². The van der Waals surface area contributed by atoms with E-state index in [4.69, 9.17) is 22.1 Å². The van der Waals surface area contributed by atoms with Crippen molar-refractivity contribution < 1.29 is 4.74 Å². The zero-order valence-corrected chi connectivity index (χ0v) is 13.4. The Morgan fingerprint density at radius 3 is 2.62 bits per heavy atom. The zero-order valence-electron chi connectivity index (χ0n) is 12.6. The third-order valence-electron chi connectivity index (χ3n) is 3.67. The number of nitrogens with two attached hydrogens (primary N) is 1. The van der Waals surface area contributed by atoms with Crippen LogP contribution in [0, 0.1) is 0 Å². The Labute approximate surface area is 131 Å². The summed E-state index contributed by atoms with van der Waals surface area (Å²) in [5.74, 6) is 0.781. The highest BCUT2D eigenvalue weighted by Crippen LogP contribution is 2.28. The predicted octanol–water partition coefficient (Wildman–Crippen LogP) is 4.12. The van der Waals surface area contributed by atoms with E-state index in [0.29, 0.717) is 5.69 Å². The van der Waals surface area contributed by atoms with E-state index in [0.717, 1.165) is 28.4 Å². The van der Waals surface area contributed by atoms with Crippen molar-refractivity contribution >= 4 is 17.3 Å². The van der Waals surface area contributed by atoms with Crippen molar-refractivity contribution in [3.05, 3.63) is 58.6 Å². The lowest BCUT2D eigenvalue weighted by Crippen LogP contribution is -2.22. The fraction of sp³-hybridized carbons (Fsp3) is 0.294. The van der Waals surface area contributed by atoms with Gasteiger partial charge in [-0.15, -0.1) is 0 Å². The summed E-state index contributed by atoms with van der Waals surface area (Å²) in [4.78, 5) is 2.23. The summed E-state index contributed by atoms with van der Waals surface area (Å²) in [7, 11) is 3.72. The van der Waals surface area contributed by atoms with E-state index in [1.54, 1.807) is 7.11 Å². The highest BCUT2D eigenvalue weighted by Gasteiger charge is 2.15. The van der Waals surface area contributed by atoms with E-state index in [2.05, 4.69) is 24.9 Å². The SMILES string of the molecule is COc1cc(N)cc(CN(C)C(C)c2ccccc2Cl)c1. The van der Waals surface area contributed by atoms with Crippen LogP contribution in [0.5, 0.6) is 5.75 Å². The van der Waals surface area contributed by atoms with Crippen LogP contribution in [0.25, 0.3) is 0 Å². The highest BCUT2D eigenvalue weighted by molar-refractivity contribution is 6.31. The largest absolute Gasteiger partial charge is 0.497 e. The number of methoxy groups -OCH3 is 1. The van der Waals surface area contributed by atoms with Crippen LogP contribution in [-0.2, 0) is 6.54 Å². The maximum absolute atomic E-state index is 6.27. The topological polar surface area (TPSA) is 38.5 Å². The third kappa shape index (κ3) is 3.90. The highest BCUT2D eigenvalue weighted by atomic mass is 35.5. The van der Waals surface area contributed by atoms with Crippen molar-refractivity contribution in [2.45, 2.75) is 19.5 Å². The van der Waals surface area contributed by atoms with Gasteiger partial charge in [0.2, 0.25) is 0 Å². The van der Waals surface area contributed by atoms with E-state index >= 15 is 0 Å². The van der Waals surface area contributed by atoms with E-state index in [1.165, 1.54) is 0 Å². The van der Waals surface area contributed by atoms with Gasteiger partial charge in [0.15, 0.2) is 0 Å². The Balaban J connectivity index is 2.16. The molecule has 2 aromatic carbocycles. The summed E-state index contributed by atoms with van der Waals surface area (Å²) in [5.41, 5.74) is 8.86. The van der Waals surface area contributed by atoms with Crippen LogP contribution in [0.2, 0.25) is 5.02 Å². The molecule has 0 spiro atoms. The molecule has 0 fully saturated rings. The lowest BCUT2D eigenvalue weighted by Gasteiger charge is -2.26. The van der Waals surface area contributed by atoms with Crippen LogP contribution in [0.4, 0.5) is 5.69 Å². The van der Waals surface area contributed by atoms with Crippen molar-refractivity contribution in [3.8, 4) is 5.75 Å². The molecule has 1 unspecified atom stereocenters. The smallest absolute Gasteiger partial charge is 0.121 e. The minimum Gasteiger partial charge on any atom is -0.497 e. The molecule has 3 nitrogen and oxygen atoms in total. The lowest BCUT2D eigenvalue weighted by atomic mass is 10.1. The monoisotopic (exact) mass is 304 g/mol. The summed E-state index contributed by atoms with van der Waals surface area (Å²) in [6.07, 6.45) is 0. The average molecular weight is 305 g/mol. The first-order chi connectivity index (χ1) is 10.0. The van der Waals surface area contributed by atoms with Gasteiger partial charge >= 0.3 is 0 Å². The van der Waals surface area contributed by atoms with Crippen molar-refractivity contribution in [1.29, 1.82) is 0 Å². The molecule has 2 aromatic rings. The molecule has 0 saturated heterocycles. The molecule has 2 rings (SSSR count). The number of benzene rings is 2. The number of rotatable bonds is 5. The van der Waals surface area contributed by atoms with Crippen molar-refractivity contribution in [3.63, 3.8) is 0 Å². The van der Waals surface area contributed by atoms with Crippen LogP contribution in [0.15, 0.2) is 42.5 Å². The minimum absolute atomic E-state index is 0.214. The van der Waals surface area contributed by atoms with Crippen molar-refractivity contribution in [2.24, 2.45) is 0 Å². The van der Waals surface area contributed by atoms with E-state index in [-0.39, 0.29) is 6.04 Å². The van der Waals surface area contributed by atoms with Gasteiger partial charge in [-0.05, 0) is 43.3 Å². The Kier molecular flexibility index (Phi) is 5.10. The Morgan fingerprint density at radius 1 is 1.24 bits per heavy atom. The molecule has 0 aliphatic rings. The number of halogens is 1. The molecule has 0 radical (unpaired) electrons. The first kappa shape index (κ1) is 15.7. The number of hydrogen-bond donors (Lipinski definition) is 1. The summed E-state index contributed by atoms with van der Waals surface area (Å²) < 4.78 is 5.26. The number of hydrogen-bond acceptors (Lipinski definition) is 3. The Hall–Kier alpha value is -1.71. The van der Waals surface area contributed by atoms with Crippen LogP contribution in [0.1, 0.15) is 24.1 Å². The van der Waals surface area contributed by atoms with Crippen LogP contribution in [0.3, 0.4) is 0 Å². The van der Waals surface area contributed by atoms with Gasteiger partial charge in [-0.1, -0.05) is 29.8 Å². The lowest BCUT2D eigenvalue weighted by molar-refractivity contribution is 0.253. The van der Waals surface area contributed by atoms with Gasteiger partial charge in [-0.2, -0.15) is 0 Å². The second-order valence-corrected chi connectivity index (χ2v) is 5.63. The van der Waals surface area contributed by atoms with Crippen LogP contribution in [-0.4, -0.2) is 19.1 Å². The van der Waals surface area contributed by atoms with Gasteiger partial charge < -0.3 is 10.5 Å². The average Bonchev–Trinajstić information content (AvgIpc) is 2.46. The normalized spacial score (nSPS) is 12.4. The quantitative estimate of drug-likeness (QED) is 0.844. The summed E-state index contributed by atoms with van der Waals surface area (Å²) in [6.45, 7) is 2.92. The molecule has 4 heteroatoms. The van der Waals surface area contributed by atoms with E-state index < -0.39 is 0 Å². The van der Waals surface area contributed by atoms with Crippen LogP contribution >= 0.6 is 11.6 Å². The summed E-state index contributed by atoms with van der Waals surface area (Å²) in [6, 6.07) is 13.9. The first-order valence-electron chi connectivity index (χ1n) is 6.89. The molecule has 0 heterocycles. The second-order valence-electron chi connectivity index (χ2n) is 5.23. The van der Waals surface area contributed by atoms with Crippen molar-refractivity contribution in [1.82, 2.24) is 4.90 Å². The Morgan fingerprint density at radius 2 is 1.95 bits per heavy atom.